The molecule has 0 spiro atoms. The fraction of sp³-hybridized carbons (Fsp3) is 0.571. The van der Waals surface area contributed by atoms with Gasteiger partial charge < -0.3 is 14.2 Å². The highest BCUT2D eigenvalue weighted by atomic mass is 16.7. The van der Waals surface area contributed by atoms with Crippen LogP contribution in [0.25, 0.3) is 0 Å². The van der Waals surface area contributed by atoms with Gasteiger partial charge in [-0.05, 0) is 30.6 Å². The second-order valence-corrected chi connectivity index (χ2v) is 7.58. The third-order valence-electron chi connectivity index (χ3n) is 5.21. The summed E-state index contributed by atoms with van der Waals surface area (Å²) in [4.78, 5) is 12.4. The van der Waals surface area contributed by atoms with Gasteiger partial charge in [0.25, 0.3) is 0 Å². The largest absolute Gasteiger partial charge is 0.462 e. The van der Waals surface area contributed by atoms with Crippen LogP contribution in [0.2, 0.25) is 0 Å². The molecule has 4 heteroatoms. The summed E-state index contributed by atoms with van der Waals surface area (Å²) in [6, 6.07) is 9.72. The van der Waals surface area contributed by atoms with Crippen molar-refractivity contribution in [1.29, 1.82) is 0 Å². The first-order chi connectivity index (χ1) is 12.0. The molecule has 3 rings (SSSR count). The molecule has 1 aromatic carbocycles. The highest BCUT2D eigenvalue weighted by Gasteiger charge is 2.33. The lowest BCUT2D eigenvalue weighted by Gasteiger charge is -2.36. The monoisotopic (exact) mass is 344 g/mol. The van der Waals surface area contributed by atoms with Gasteiger partial charge in [0.05, 0.1) is 6.08 Å². The standard InChI is InChI=1S/C21H28O4/c1-14(2)18-10-9-15(3)11-19(18)25-20(22)12-17-13-23-21(24-17)16-7-5-4-6-8-16/h4-8,12,14-15,18-19,21H,9-11,13H2,1-3H3/b17-12-/t15-,18+,19-,21?/m1/s1. The van der Waals surface area contributed by atoms with Gasteiger partial charge in [-0.1, -0.05) is 57.5 Å². The molecule has 2 fully saturated rings. The minimum Gasteiger partial charge on any atom is -0.462 e. The van der Waals surface area contributed by atoms with Gasteiger partial charge in [0.2, 0.25) is 6.29 Å². The van der Waals surface area contributed by atoms with Gasteiger partial charge in [0.15, 0.2) is 0 Å². The number of hydrogen-bond donors (Lipinski definition) is 0. The Morgan fingerprint density at radius 1 is 1.24 bits per heavy atom. The first-order valence-corrected chi connectivity index (χ1v) is 9.27. The van der Waals surface area contributed by atoms with Crippen molar-refractivity contribution in [3.63, 3.8) is 0 Å². The summed E-state index contributed by atoms with van der Waals surface area (Å²) in [6.45, 7) is 6.94. The van der Waals surface area contributed by atoms with Crippen LogP contribution >= 0.6 is 0 Å². The van der Waals surface area contributed by atoms with E-state index >= 15 is 0 Å². The van der Waals surface area contributed by atoms with Gasteiger partial charge in [-0.3, -0.25) is 0 Å². The van der Waals surface area contributed by atoms with E-state index in [4.69, 9.17) is 14.2 Å². The van der Waals surface area contributed by atoms with Crippen molar-refractivity contribution in [2.75, 3.05) is 6.61 Å². The Labute approximate surface area is 150 Å². The van der Waals surface area contributed by atoms with Crippen LogP contribution in [0.15, 0.2) is 42.2 Å². The third-order valence-corrected chi connectivity index (χ3v) is 5.21. The summed E-state index contributed by atoms with van der Waals surface area (Å²) in [5.74, 6) is 1.78. The molecule has 4 nitrogen and oxygen atoms in total. The van der Waals surface area contributed by atoms with Crippen LogP contribution in [0.1, 0.15) is 51.9 Å². The van der Waals surface area contributed by atoms with Gasteiger partial charge in [0, 0.05) is 5.56 Å². The summed E-state index contributed by atoms with van der Waals surface area (Å²) in [5.41, 5.74) is 0.945. The lowest BCUT2D eigenvalue weighted by Crippen LogP contribution is -2.35. The second kappa shape index (κ2) is 8.05. The SMILES string of the molecule is CC(C)[C@@H]1CC[C@@H](C)C[C@H]1OC(=O)/C=C1/COC(c2ccccc2)O1. The Balaban J connectivity index is 1.59. The van der Waals surface area contributed by atoms with E-state index in [1.165, 1.54) is 12.5 Å². The van der Waals surface area contributed by atoms with E-state index in [1.54, 1.807) is 0 Å². The van der Waals surface area contributed by atoms with E-state index in [-0.39, 0.29) is 12.1 Å². The van der Waals surface area contributed by atoms with Gasteiger partial charge >= 0.3 is 5.97 Å². The van der Waals surface area contributed by atoms with E-state index < -0.39 is 6.29 Å². The molecule has 0 amide bonds. The molecule has 0 N–H and O–H groups in total. The zero-order chi connectivity index (χ0) is 17.8. The molecular formula is C21H28O4. The molecule has 1 heterocycles. The summed E-state index contributed by atoms with van der Waals surface area (Å²) in [7, 11) is 0. The van der Waals surface area contributed by atoms with Crippen molar-refractivity contribution < 1.29 is 19.0 Å². The normalized spacial score (nSPS) is 31.1. The van der Waals surface area contributed by atoms with E-state index in [2.05, 4.69) is 20.8 Å². The third kappa shape index (κ3) is 4.63. The number of benzene rings is 1. The summed E-state index contributed by atoms with van der Waals surface area (Å²) < 4.78 is 17.1. The Hall–Kier alpha value is -1.81. The molecule has 0 radical (unpaired) electrons. The predicted octanol–water partition coefficient (Wildman–Crippen LogP) is 4.62. The van der Waals surface area contributed by atoms with Crippen molar-refractivity contribution >= 4 is 5.97 Å². The van der Waals surface area contributed by atoms with Crippen LogP contribution < -0.4 is 0 Å². The number of rotatable bonds is 4. The summed E-state index contributed by atoms with van der Waals surface area (Å²) >= 11 is 0. The number of carbonyl (C=O) groups is 1. The Bertz CT molecular complexity index is 608. The van der Waals surface area contributed by atoms with Crippen LogP contribution in [0.3, 0.4) is 0 Å². The number of ether oxygens (including phenoxy) is 3. The van der Waals surface area contributed by atoms with Gasteiger partial charge in [-0.15, -0.1) is 0 Å². The second-order valence-electron chi connectivity index (χ2n) is 7.58. The predicted molar refractivity (Wildman–Crippen MR) is 95.5 cm³/mol. The molecule has 136 valence electrons. The molecule has 1 saturated carbocycles. The smallest absolute Gasteiger partial charge is 0.334 e. The van der Waals surface area contributed by atoms with Crippen LogP contribution in [0.4, 0.5) is 0 Å². The maximum atomic E-state index is 12.4. The fourth-order valence-corrected chi connectivity index (χ4v) is 3.78. The molecule has 4 atom stereocenters. The Morgan fingerprint density at radius 2 is 2.00 bits per heavy atom. The number of carbonyl (C=O) groups excluding carboxylic acids is 1. The van der Waals surface area contributed by atoms with E-state index in [9.17, 15) is 4.79 Å². The quantitative estimate of drug-likeness (QED) is 0.590. The van der Waals surface area contributed by atoms with Crippen molar-refractivity contribution in [3.05, 3.63) is 47.7 Å². The average Bonchev–Trinajstić information content (AvgIpc) is 3.03. The minimum atomic E-state index is -0.446. The lowest BCUT2D eigenvalue weighted by atomic mass is 9.75. The highest BCUT2D eigenvalue weighted by molar-refractivity contribution is 5.82. The maximum Gasteiger partial charge on any atom is 0.334 e. The van der Waals surface area contributed by atoms with Crippen molar-refractivity contribution in [2.24, 2.45) is 17.8 Å². The molecule has 1 aliphatic carbocycles. The zero-order valence-corrected chi connectivity index (χ0v) is 15.3. The van der Waals surface area contributed by atoms with Crippen LogP contribution in [0, 0.1) is 17.8 Å². The van der Waals surface area contributed by atoms with E-state index in [0.717, 1.165) is 18.4 Å². The molecule has 25 heavy (non-hydrogen) atoms. The minimum absolute atomic E-state index is 0.000316. The number of hydrogen-bond acceptors (Lipinski definition) is 4. The van der Waals surface area contributed by atoms with Crippen LogP contribution in [-0.4, -0.2) is 18.7 Å². The molecule has 1 aromatic rings. The van der Waals surface area contributed by atoms with Gasteiger partial charge in [0.1, 0.15) is 18.5 Å². The molecule has 1 aliphatic heterocycles. The summed E-state index contributed by atoms with van der Waals surface area (Å²) in [5, 5.41) is 0. The van der Waals surface area contributed by atoms with Crippen LogP contribution in [-0.2, 0) is 19.0 Å². The molecule has 1 unspecified atom stereocenters. The molecule has 1 saturated heterocycles. The summed E-state index contributed by atoms with van der Waals surface area (Å²) in [6.07, 6.45) is 4.29. The zero-order valence-electron chi connectivity index (χ0n) is 15.3. The van der Waals surface area contributed by atoms with Crippen molar-refractivity contribution in [1.82, 2.24) is 0 Å². The molecule has 2 aliphatic rings. The average molecular weight is 344 g/mol. The lowest BCUT2D eigenvalue weighted by molar-refractivity contribution is -0.150. The van der Waals surface area contributed by atoms with Gasteiger partial charge in [-0.25, -0.2) is 4.79 Å². The Morgan fingerprint density at radius 3 is 2.72 bits per heavy atom. The van der Waals surface area contributed by atoms with E-state index in [0.29, 0.717) is 30.1 Å². The van der Waals surface area contributed by atoms with Gasteiger partial charge in [-0.2, -0.15) is 0 Å². The molecule has 0 aromatic heterocycles. The topological polar surface area (TPSA) is 44.8 Å². The first kappa shape index (κ1) is 18.0. The maximum absolute atomic E-state index is 12.4. The fourth-order valence-electron chi connectivity index (χ4n) is 3.78. The van der Waals surface area contributed by atoms with Crippen molar-refractivity contribution in [2.45, 2.75) is 52.4 Å². The van der Waals surface area contributed by atoms with Crippen molar-refractivity contribution in [3.8, 4) is 0 Å². The molecular weight excluding hydrogens is 316 g/mol. The van der Waals surface area contributed by atoms with Crippen LogP contribution in [0.5, 0.6) is 0 Å². The Kier molecular flexibility index (Phi) is 5.79. The van der Waals surface area contributed by atoms with E-state index in [1.807, 2.05) is 30.3 Å². The molecule has 0 bridgehead atoms. The first-order valence-electron chi connectivity index (χ1n) is 9.27. The number of esters is 1. The highest BCUT2D eigenvalue weighted by Crippen LogP contribution is 2.35.